The number of allylic oxidation sites excluding steroid dienone is 1. The number of halogens is 1. The van der Waals surface area contributed by atoms with Crippen molar-refractivity contribution in [2.75, 3.05) is 20.3 Å². The van der Waals surface area contributed by atoms with Crippen molar-refractivity contribution in [3.8, 4) is 0 Å². The number of aryl methyl sites for hydroxylation is 1. The molecule has 0 bridgehead atoms. The Kier molecular flexibility index (Phi) is 6.22. The van der Waals surface area contributed by atoms with E-state index in [2.05, 4.69) is 25.6 Å². The van der Waals surface area contributed by atoms with Crippen LogP contribution in [0.25, 0.3) is 16.7 Å². The maximum Gasteiger partial charge on any atom is 0.272 e. The molecule has 1 aliphatic heterocycles. The largest absolute Gasteiger partial charge is 0.393 e. The average Bonchev–Trinajstić information content (AvgIpc) is 3.43. The Hall–Kier alpha value is -3.66. The van der Waals surface area contributed by atoms with Crippen molar-refractivity contribution in [3.63, 3.8) is 0 Å². The second-order valence-corrected chi connectivity index (χ2v) is 7.55. The summed E-state index contributed by atoms with van der Waals surface area (Å²) >= 11 is 0. The third kappa shape index (κ3) is 4.22. The zero-order valence-corrected chi connectivity index (χ0v) is 17.9. The van der Waals surface area contributed by atoms with Crippen molar-refractivity contribution < 1.29 is 13.9 Å². The molecular weight excluding hydrogens is 413 g/mol. The maximum absolute atomic E-state index is 14.1. The van der Waals surface area contributed by atoms with E-state index in [1.807, 2.05) is 11.6 Å². The first-order chi connectivity index (χ1) is 15.5. The number of hydrogen-bond acceptors (Lipinski definition) is 7. The second kappa shape index (κ2) is 9.23. The highest BCUT2D eigenvalue weighted by atomic mass is 19.1. The highest BCUT2D eigenvalue weighted by Crippen LogP contribution is 2.27. The monoisotopic (exact) mass is 437 g/mol. The number of imidazole rings is 1. The van der Waals surface area contributed by atoms with Crippen LogP contribution in [-0.2, 0) is 18.3 Å². The van der Waals surface area contributed by atoms with E-state index in [0.29, 0.717) is 41.1 Å². The van der Waals surface area contributed by atoms with Crippen molar-refractivity contribution in [1.82, 2.24) is 30.2 Å². The minimum atomic E-state index is -0.449. The number of nitrogens with zero attached hydrogens (tertiary/aromatic N) is 4. The van der Waals surface area contributed by atoms with Crippen LogP contribution in [0.2, 0.25) is 0 Å². The smallest absolute Gasteiger partial charge is 0.272 e. The predicted octanol–water partition coefficient (Wildman–Crippen LogP) is 2.15. The van der Waals surface area contributed by atoms with Gasteiger partial charge in [0, 0.05) is 51.2 Å². The normalized spacial score (nSPS) is 16.3. The van der Waals surface area contributed by atoms with Crippen molar-refractivity contribution in [2.45, 2.75) is 18.9 Å². The summed E-state index contributed by atoms with van der Waals surface area (Å²) in [4.78, 5) is 26.0. The van der Waals surface area contributed by atoms with Crippen LogP contribution in [0.3, 0.4) is 0 Å². The van der Waals surface area contributed by atoms with Gasteiger partial charge in [-0.2, -0.15) is 0 Å². The van der Waals surface area contributed by atoms with Crippen LogP contribution >= 0.6 is 0 Å². The van der Waals surface area contributed by atoms with Crippen LogP contribution in [0.5, 0.6) is 0 Å². The Morgan fingerprint density at radius 2 is 2.22 bits per heavy atom. The molecule has 4 rings (SSSR count). The van der Waals surface area contributed by atoms with Gasteiger partial charge in [-0.1, -0.05) is 0 Å². The second-order valence-electron chi connectivity index (χ2n) is 7.55. The molecule has 1 amide bonds. The van der Waals surface area contributed by atoms with Crippen LogP contribution in [0.4, 0.5) is 4.39 Å². The molecule has 3 heterocycles. The van der Waals surface area contributed by atoms with Gasteiger partial charge in [-0.15, -0.1) is 0 Å². The lowest BCUT2D eigenvalue weighted by Gasteiger charge is -2.10. The number of fused-ring (bicyclic) bond motifs is 1. The maximum atomic E-state index is 14.1. The van der Waals surface area contributed by atoms with Gasteiger partial charge in [0.15, 0.2) is 11.3 Å². The number of carbonyl (C=O) groups excluding carboxylic acids is 1. The van der Waals surface area contributed by atoms with Crippen LogP contribution in [0.1, 0.15) is 39.8 Å². The number of aromatic nitrogens is 4. The lowest BCUT2D eigenvalue weighted by molar-refractivity contribution is 0.0947. The van der Waals surface area contributed by atoms with E-state index in [1.54, 1.807) is 19.3 Å². The van der Waals surface area contributed by atoms with Crippen molar-refractivity contribution in [1.29, 1.82) is 5.41 Å². The van der Waals surface area contributed by atoms with E-state index >= 15 is 0 Å². The van der Waals surface area contributed by atoms with Gasteiger partial charge in [0.25, 0.3) is 5.91 Å². The van der Waals surface area contributed by atoms with E-state index < -0.39 is 11.7 Å². The fourth-order valence-corrected chi connectivity index (χ4v) is 3.88. The molecule has 1 saturated heterocycles. The number of amides is 1. The molecular formula is C22H24FN7O2. The molecule has 3 N–H and O–H groups in total. The molecule has 9 nitrogen and oxygen atoms in total. The van der Waals surface area contributed by atoms with E-state index in [0.717, 1.165) is 18.5 Å². The molecule has 10 heteroatoms. The van der Waals surface area contributed by atoms with Gasteiger partial charge in [-0.3, -0.25) is 4.79 Å². The summed E-state index contributed by atoms with van der Waals surface area (Å²) in [5, 5.41) is 13.2. The summed E-state index contributed by atoms with van der Waals surface area (Å²) in [5.41, 5.74) is 2.84. The van der Waals surface area contributed by atoms with E-state index in [1.165, 1.54) is 18.5 Å². The molecule has 2 aromatic heterocycles. The number of benzene rings is 1. The van der Waals surface area contributed by atoms with Crippen LogP contribution in [-0.4, -0.2) is 51.9 Å². The number of nitrogens with one attached hydrogen (secondary N) is 3. The number of ether oxygens (including phenoxy) is 1. The molecule has 0 aliphatic carbocycles. The minimum Gasteiger partial charge on any atom is -0.393 e. The SMILES string of the molecule is CN/C=C(\C=N)c1cc(F)cc(CNC(=O)c2ncnc3nc(C4CCOC4)n(C)c23)c1. The summed E-state index contributed by atoms with van der Waals surface area (Å²) in [6.45, 7) is 1.38. The molecule has 1 aliphatic rings. The van der Waals surface area contributed by atoms with E-state index in [-0.39, 0.29) is 18.2 Å². The molecule has 0 spiro atoms. The summed E-state index contributed by atoms with van der Waals surface area (Å²) in [6.07, 6.45) is 4.93. The van der Waals surface area contributed by atoms with E-state index in [9.17, 15) is 9.18 Å². The molecule has 3 aromatic rings. The zero-order chi connectivity index (χ0) is 22.7. The highest BCUT2D eigenvalue weighted by molar-refractivity contribution is 6.08. The van der Waals surface area contributed by atoms with Crippen LogP contribution in [0.15, 0.2) is 30.7 Å². The zero-order valence-electron chi connectivity index (χ0n) is 17.9. The Bertz CT molecular complexity index is 1200. The Labute approximate surface area is 184 Å². The third-order valence-electron chi connectivity index (χ3n) is 5.41. The highest BCUT2D eigenvalue weighted by Gasteiger charge is 2.26. The third-order valence-corrected chi connectivity index (χ3v) is 5.41. The van der Waals surface area contributed by atoms with Crippen molar-refractivity contribution in [2.24, 2.45) is 7.05 Å². The number of carbonyl (C=O) groups is 1. The van der Waals surface area contributed by atoms with Crippen molar-refractivity contribution >= 4 is 28.9 Å². The first-order valence-electron chi connectivity index (χ1n) is 10.2. The minimum absolute atomic E-state index is 0.0983. The Morgan fingerprint density at radius 1 is 1.38 bits per heavy atom. The van der Waals surface area contributed by atoms with Crippen LogP contribution in [0, 0.1) is 11.2 Å². The van der Waals surface area contributed by atoms with Gasteiger partial charge in [-0.25, -0.2) is 19.3 Å². The number of rotatable bonds is 7. The summed E-state index contributed by atoms with van der Waals surface area (Å²) in [6, 6.07) is 4.43. The summed E-state index contributed by atoms with van der Waals surface area (Å²) in [5.74, 6) is 0.121. The lowest BCUT2D eigenvalue weighted by atomic mass is 10.0. The fourth-order valence-electron chi connectivity index (χ4n) is 3.88. The Balaban J connectivity index is 1.58. The molecule has 32 heavy (non-hydrogen) atoms. The van der Waals surface area contributed by atoms with Gasteiger partial charge in [0.1, 0.15) is 23.5 Å². The summed E-state index contributed by atoms with van der Waals surface area (Å²) < 4.78 is 21.5. The van der Waals surface area contributed by atoms with Gasteiger partial charge < -0.3 is 25.3 Å². The molecule has 1 fully saturated rings. The molecule has 0 saturated carbocycles. The quantitative estimate of drug-likeness (QED) is 0.488. The predicted molar refractivity (Wildman–Crippen MR) is 118 cm³/mol. The van der Waals surface area contributed by atoms with Crippen LogP contribution < -0.4 is 10.6 Å². The number of hydrogen-bond donors (Lipinski definition) is 3. The molecule has 1 atom stereocenters. The molecule has 166 valence electrons. The van der Waals surface area contributed by atoms with Gasteiger partial charge in [0.2, 0.25) is 0 Å². The lowest BCUT2D eigenvalue weighted by Crippen LogP contribution is -2.25. The van der Waals surface area contributed by atoms with Gasteiger partial charge in [-0.05, 0) is 35.7 Å². The summed E-state index contributed by atoms with van der Waals surface area (Å²) in [7, 11) is 3.55. The molecule has 1 unspecified atom stereocenters. The topological polar surface area (TPSA) is 118 Å². The van der Waals surface area contributed by atoms with Crippen molar-refractivity contribution in [3.05, 3.63) is 59.2 Å². The Morgan fingerprint density at radius 3 is 2.94 bits per heavy atom. The molecule has 1 aromatic carbocycles. The van der Waals surface area contributed by atoms with Gasteiger partial charge >= 0.3 is 0 Å². The van der Waals surface area contributed by atoms with E-state index in [4.69, 9.17) is 10.1 Å². The first kappa shape index (κ1) is 21.6. The first-order valence-corrected chi connectivity index (χ1v) is 10.2. The fraction of sp³-hybridized carbons (Fsp3) is 0.318. The standard InChI is InChI=1S/C22H24FN7O2/c1-25-10-16(8-24)15-5-13(6-17(23)7-15)9-26-22(31)18-19-20(28-12-27-18)29-21(30(19)2)14-3-4-32-11-14/h5-8,10,12,14,24-25H,3-4,9,11H2,1-2H3,(H,26,31)/b16-10+,24-8?. The molecule has 0 radical (unpaired) electrons. The average molecular weight is 437 g/mol. The van der Waals surface area contributed by atoms with Gasteiger partial charge in [0.05, 0.1) is 6.61 Å².